The fourth-order valence-corrected chi connectivity index (χ4v) is 6.18. The zero-order chi connectivity index (χ0) is 28.6. The van der Waals surface area contributed by atoms with Crippen LogP contribution in [0.3, 0.4) is 0 Å². The number of fused-ring (bicyclic) bond motifs is 1. The van der Waals surface area contributed by atoms with Crippen LogP contribution in [0.1, 0.15) is 16.2 Å². The first-order chi connectivity index (χ1) is 19.2. The number of carbonyl (C=O) groups is 4. The first-order valence-corrected chi connectivity index (χ1v) is 13.5. The number of carboxylic acid groups (broad SMARTS) is 1. The molecule has 1 fully saturated rings. The Labute approximate surface area is 233 Å². The minimum absolute atomic E-state index is 0.133. The predicted molar refractivity (Wildman–Crippen MR) is 142 cm³/mol. The molecule has 0 aromatic carbocycles. The molecule has 1 saturated heterocycles. The van der Waals surface area contributed by atoms with Crippen LogP contribution in [-0.4, -0.2) is 78.9 Å². The van der Waals surface area contributed by atoms with Gasteiger partial charge in [-0.3, -0.25) is 24.4 Å². The van der Waals surface area contributed by atoms with Gasteiger partial charge in [0.25, 0.3) is 17.7 Å². The maximum atomic E-state index is 13.1. The van der Waals surface area contributed by atoms with Gasteiger partial charge in [0.05, 0.1) is 11.3 Å². The van der Waals surface area contributed by atoms with Crippen molar-refractivity contribution >= 4 is 57.6 Å². The van der Waals surface area contributed by atoms with Crippen LogP contribution in [0.15, 0.2) is 52.4 Å². The smallest absolute Gasteiger partial charge is 0.352 e. The Balaban J connectivity index is 1.34. The standard InChI is InChI=1S/C23H21N9O6S2/c1-38-30-15(14-9-40-23(25)26-14)19(34)27-16-20(35)32-17(22(36)37)11(8-39-21(16)32)7-31-4-2-3-10(6-31)12-5-13(18(24)33)29-28-12/h2-6,9,16,21H,7-8H2,1H3,(H6-,24,25,26,27,28,29,33,34,36,37)/p+1/b30-15-/t16-,21-/m1/s1. The lowest BCUT2D eigenvalue weighted by Crippen LogP contribution is -2.71. The monoisotopic (exact) mass is 584 g/mol. The number of nitrogens with zero attached hydrogens (tertiary/aromatic N) is 5. The van der Waals surface area contributed by atoms with Gasteiger partial charge in [0.15, 0.2) is 29.8 Å². The van der Waals surface area contributed by atoms with Crippen molar-refractivity contribution in [3.8, 4) is 11.3 Å². The summed E-state index contributed by atoms with van der Waals surface area (Å²) in [7, 11) is 1.27. The first-order valence-electron chi connectivity index (χ1n) is 11.6. The number of nitrogens with one attached hydrogen (secondary N) is 2. The van der Waals surface area contributed by atoms with E-state index in [4.69, 9.17) is 16.3 Å². The number of pyridine rings is 1. The molecule has 2 aliphatic rings. The van der Waals surface area contributed by atoms with Crippen LogP contribution in [0.2, 0.25) is 0 Å². The van der Waals surface area contributed by atoms with Crippen LogP contribution in [0.4, 0.5) is 5.13 Å². The van der Waals surface area contributed by atoms with Crippen LogP contribution in [0, 0.1) is 0 Å². The zero-order valence-corrected chi connectivity index (χ0v) is 22.4. The number of aliphatic carboxylic acids is 1. The Morgan fingerprint density at radius 2 is 2.20 bits per heavy atom. The van der Waals surface area contributed by atoms with E-state index in [2.05, 4.69) is 25.7 Å². The average molecular weight is 585 g/mol. The number of aromatic nitrogens is 4. The molecule has 2 aliphatic heterocycles. The Kier molecular flexibility index (Phi) is 7.22. The number of aromatic amines is 1. The van der Waals surface area contributed by atoms with Crippen molar-refractivity contribution in [1.82, 2.24) is 25.4 Å². The van der Waals surface area contributed by atoms with Crippen molar-refractivity contribution in [2.45, 2.75) is 18.0 Å². The van der Waals surface area contributed by atoms with E-state index in [1.165, 1.54) is 35.2 Å². The van der Waals surface area contributed by atoms with Crippen LogP contribution >= 0.6 is 23.1 Å². The second-order valence-electron chi connectivity index (χ2n) is 8.61. The molecule has 15 nitrogen and oxygen atoms in total. The van der Waals surface area contributed by atoms with E-state index in [1.54, 1.807) is 29.1 Å². The number of nitrogens with two attached hydrogens (primary N) is 2. The summed E-state index contributed by atoms with van der Waals surface area (Å²) in [5, 5.41) is 24.2. The number of carbonyl (C=O) groups excluding carboxylic acids is 3. The summed E-state index contributed by atoms with van der Waals surface area (Å²) in [6, 6.07) is 4.08. The molecule has 3 aromatic rings. The van der Waals surface area contributed by atoms with Gasteiger partial charge >= 0.3 is 5.97 Å². The van der Waals surface area contributed by atoms with Gasteiger partial charge in [-0.1, -0.05) is 5.16 Å². The summed E-state index contributed by atoms with van der Waals surface area (Å²) in [4.78, 5) is 59.7. The highest BCUT2D eigenvalue weighted by molar-refractivity contribution is 8.00. The second-order valence-corrected chi connectivity index (χ2v) is 10.6. The number of thioether (sulfide) groups is 1. The van der Waals surface area contributed by atoms with E-state index < -0.39 is 35.1 Å². The van der Waals surface area contributed by atoms with E-state index >= 15 is 0 Å². The van der Waals surface area contributed by atoms with Crippen LogP contribution < -0.4 is 21.4 Å². The molecule has 0 radical (unpaired) electrons. The number of amides is 3. The van der Waals surface area contributed by atoms with Crippen molar-refractivity contribution in [2.24, 2.45) is 10.9 Å². The summed E-state index contributed by atoms with van der Waals surface area (Å²) >= 11 is 2.44. The molecule has 0 spiro atoms. The van der Waals surface area contributed by atoms with Gasteiger partial charge < -0.3 is 26.7 Å². The number of rotatable bonds is 9. The van der Waals surface area contributed by atoms with Crippen molar-refractivity contribution in [3.63, 3.8) is 0 Å². The molecule has 0 unspecified atom stereocenters. The summed E-state index contributed by atoms with van der Waals surface area (Å²) in [6.45, 7) is 0.180. The molecule has 3 aromatic heterocycles. The number of anilines is 1. The second kappa shape index (κ2) is 10.8. The fourth-order valence-electron chi connectivity index (χ4n) is 4.29. The van der Waals surface area contributed by atoms with Gasteiger partial charge in [0.2, 0.25) is 0 Å². The molecule has 0 saturated carbocycles. The third-order valence-electron chi connectivity index (χ3n) is 6.07. The summed E-state index contributed by atoms with van der Waals surface area (Å²) in [5.41, 5.74) is 12.7. The van der Waals surface area contributed by atoms with Gasteiger partial charge in [-0.25, -0.2) is 14.3 Å². The molecule has 5 heterocycles. The summed E-state index contributed by atoms with van der Waals surface area (Å²) in [5.74, 6) is -2.87. The van der Waals surface area contributed by atoms with Gasteiger partial charge in [-0.2, -0.15) is 5.10 Å². The molecule has 40 heavy (non-hydrogen) atoms. The minimum Gasteiger partial charge on any atom is -0.477 e. The Bertz CT molecular complexity index is 1600. The van der Waals surface area contributed by atoms with Crippen LogP contribution in [-0.2, 0) is 25.8 Å². The Morgan fingerprint density at radius 3 is 2.85 bits per heavy atom. The largest absolute Gasteiger partial charge is 0.477 e. The normalized spacial score (nSPS) is 18.7. The lowest BCUT2D eigenvalue weighted by Gasteiger charge is -2.49. The highest BCUT2D eigenvalue weighted by Crippen LogP contribution is 2.40. The molecule has 0 bridgehead atoms. The molecular weight excluding hydrogens is 562 g/mol. The Morgan fingerprint density at radius 1 is 1.40 bits per heavy atom. The molecule has 7 N–H and O–H groups in total. The third kappa shape index (κ3) is 4.98. The molecule has 5 rings (SSSR count). The molecule has 0 aliphatic carbocycles. The maximum Gasteiger partial charge on any atom is 0.352 e. The lowest BCUT2D eigenvalue weighted by atomic mass is 10.0. The predicted octanol–water partition coefficient (Wildman–Crippen LogP) is -0.709. The molecule has 3 amide bonds. The van der Waals surface area contributed by atoms with E-state index in [-0.39, 0.29) is 34.5 Å². The van der Waals surface area contributed by atoms with Crippen LogP contribution in [0.5, 0.6) is 0 Å². The lowest BCUT2D eigenvalue weighted by molar-refractivity contribution is -0.688. The van der Waals surface area contributed by atoms with Gasteiger partial charge in [-0.05, 0) is 12.1 Å². The topological polar surface area (TPSA) is 223 Å². The number of carboxylic acids is 1. The molecular formula is C23H22N9O6S2+. The number of oxime groups is 1. The van der Waals surface area contributed by atoms with E-state index in [1.807, 2.05) is 0 Å². The van der Waals surface area contributed by atoms with Crippen molar-refractivity contribution < 1.29 is 33.7 Å². The third-order valence-corrected chi connectivity index (χ3v) is 8.08. The molecule has 206 valence electrons. The van der Waals surface area contributed by atoms with Gasteiger partial charge in [0.1, 0.15) is 35.6 Å². The Hall–Kier alpha value is -4.77. The number of β-lactam (4-membered cyclic amide) rings is 1. The number of H-pyrrole nitrogens is 1. The summed E-state index contributed by atoms with van der Waals surface area (Å²) in [6.07, 6.45) is 3.49. The van der Waals surface area contributed by atoms with Crippen molar-refractivity contribution in [2.75, 3.05) is 18.6 Å². The van der Waals surface area contributed by atoms with E-state index in [0.29, 0.717) is 22.6 Å². The van der Waals surface area contributed by atoms with Crippen molar-refractivity contribution in [3.05, 3.63) is 58.6 Å². The minimum atomic E-state index is -1.26. The first kappa shape index (κ1) is 26.8. The SMILES string of the molecule is CO/N=C(\C(=O)N[C@@H]1C(=O)N2C(C(=O)O)=C(C[n+]3cccc(-c4cc(C(N)=O)[nH]n4)c3)CS[C@H]12)c1csc(N)n1. The molecule has 17 heteroatoms. The average Bonchev–Trinajstić information content (AvgIpc) is 3.60. The van der Waals surface area contributed by atoms with Gasteiger partial charge in [-0.15, -0.1) is 23.1 Å². The maximum absolute atomic E-state index is 13.1. The fraction of sp³-hybridized carbons (Fsp3) is 0.217. The highest BCUT2D eigenvalue weighted by Gasteiger charge is 2.54. The van der Waals surface area contributed by atoms with Gasteiger partial charge in [0, 0.05) is 22.8 Å². The molecule has 2 atom stereocenters. The number of primary amides is 1. The number of hydrogen-bond donors (Lipinski definition) is 5. The summed E-state index contributed by atoms with van der Waals surface area (Å²) < 4.78 is 1.75. The number of nitrogen functional groups attached to an aromatic ring is 1. The van der Waals surface area contributed by atoms with Crippen molar-refractivity contribution in [1.29, 1.82) is 0 Å². The quantitative estimate of drug-likeness (QED) is 0.0919. The number of thiazole rings is 1. The van der Waals surface area contributed by atoms with E-state index in [0.717, 1.165) is 11.3 Å². The zero-order valence-electron chi connectivity index (χ0n) is 20.7. The highest BCUT2D eigenvalue weighted by atomic mass is 32.2. The van der Waals surface area contributed by atoms with E-state index in [9.17, 15) is 24.3 Å². The number of hydrogen-bond acceptors (Lipinski definition) is 11. The van der Waals surface area contributed by atoms with Crippen LogP contribution in [0.25, 0.3) is 11.3 Å².